The molecule has 0 bridgehead atoms. The highest BCUT2D eigenvalue weighted by Crippen LogP contribution is 2.31. The van der Waals surface area contributed by atoms with E-state index in [0.29, 0.717) is 10.3 Å². The van der Waals surface area contributed by atoms with Crippen molar-refractivity contribution in [1.82, 2.24) is 14.9 Å². The summed E-state index contributed by atoms with van der Waals surface area (Å²) >= 11 is 9.76. The van der Waals surface area contributed by atoms with E-state index in [1.807, 2.05) is 4.90 Å². The van der Waals surface area contributed by atoms with Gasteiger partial charge in [0.1, 0.15) is 10.5 Å². The Morgan fingerprint density at radius 2 is 1.93 bits per heavy atom. The van der Waals surface area contributed by atoms with Crippen LogP contribution in [0.25, 0.3) is 0 Å². The number of piperazine rings is 1. The van der Waals surface area contributed by atoms with Gasteiger partial charge in [0.2, 0.25) is 0 Å². The number of halogens is 3. The molecule has 0 saturated carbocycles. The Bertz CT molecular complexity index is 848. The van der Waals surface area contributed by atoms with Crippen LogP contribution in [0.4, 0.5) is 18.9 Å². The minimum atomic E-state index is -4.30. The van der Waals surface area contributed by atoms with Crippen molar-refractivity contribution < 1.29 is 13.2 Å². The van der Waals surface area contributed by atoms with Crippen molar-refractivity contribution in [1.29, 1.82) is 0 Å². The van der Waals surface area contributed by atoms with E-state index in [0.717, 1.165) is 63.9 Å². The minimum absolute atomic E-state index is 0.210. The molecule has 29 heavy (non-hydrogen) atoms. The number of H-pyrrole nitrogens is 1. The number of nitrogens with zero attached hydrogens (tertiary/aromatic N) is 3. The van der Waals surface area contributed by atoms with Gasteiger partial charge >= 0.3 is 6.18 Å². The van der Waals surface area contributed by atoms with Crippen molar-refractivity contribution in [2.45, 2.75) is 30.7 Å². The summed E-state index contributed by atoms with van der Waals surface area (Å²) in [4.78, 5) is 11.7. The van der Waals surface area contributed by atoms with Gasteiger partial charge in [-0.2, -0.15) is 25.8 Å². The number of thiol groups is 1. The standard InChI is InChI=1S/C20H25F3N4S2/c21-20(22,23)15-3-1-4-16(13-15)27-11-9-26(10-12-27)8-2-5-17(28)14-18-24-7-6-19(29)25-18/h1,3-4,6-7,13,17,28H,2,5,8-12,14H2,(H,24,25,29). The monoisotopic (exact) mass is 442 g/mol. The molecular weight excluding hydrogens is 417 g/mol. The smallest absolute Gasteiger partial charge is 0.369 e. The van der Waals surface area contributed by atoms with Crippen LogP contribution in [0.1, 0.15) is 24.2 Å². The van der Waals surface area contributed by atoms with Gasteiger partial charge in [-0.1, -0.05) is 18.3 Å². The Labute approximate surface area is 179 Å². The molecule has 2 aromatic rings. The summed E-state index contributed by atoms with van der Waals surface area (Å²) in [7, 11) is 0. The zero-order valence-electron chi connectivity index (χ0n) is 16.0. The van der Waals surface area contributed by atoms with E-state index < -0.39 is 11.7 Å². The third-order valence-electron chi connectivity index (χ3n) is 5.08. The van der Waals surface area contributed by atoms with Gasteiger partial charge in [-0.15, -0.1) is 0 Å². The van der Waals surface area contributed by atoms with Gasteiger partial charge in [-0.3, -0.25) is 4.90 Å². The van der Waals surface area contributed by atoms with Gasteiger partial charge in [0.05, 0.1) is 5.56 Å². The van der Waals surface area contributed by atoms with E-state index >= 15 is 0 Å². The first kappa shape index (κ1) is 22.1. The molecule has 0 amide bonds. The second kappa shape index (κ2) is 9.95. The SMILES string of the molecule is FC(F)(F)c1cccc(N2CCN(CCCC(S)Cc3nccc(=S)[nH]3)CC2)c1. The number of hydrogen-bond donors (Lipinski definition) is 2. The molecule has 1 fully saturated rings. The van der Waals surface area contributed by atoms with Crippen LogP contribution in [0.2, 0.25) is 0 Å². The van der Waals surface area contributed by atoms with E-state index in [4.69, 9.17) is 12.2 Å². The predicted octanol–water partition coefficient (Wildman–Crippen LogP) is 4.60. The van der Waals surface area contributed by atoms with Crippen molar-refractivity contribution in [2.24, 2.45) is 0 Å². The molecule has 158 valence electrons. The number of aromatic nitrogens is 2. The van der Waals surface area contributed by atoms with E-state index in [1.54, 1.807) is 18.3 Å². The highest BCUT2D eigenvalue weighted by molar-refractivity contribution is 7.80. The molecule has 1 unspecified atom stereocenters. The number of hydrogen-bond acceptors (Lipinski definition) is 5. The molecule has 1 aromatic carbocycles. The number of anilines is 1. The van der Waals surface area contributed by atoms with E-state index in [1.165, 1.54) is 12.1 Å². The second-order valence-electron chi connectivity index (χ2n) is 7.26. The summed E-state index contributed by atoms with van der Waals surface area (Å²) in [5.41, 5.74) is 0.0492. The highest BCUT2D eigenvalue weighted by Gasteiger charge is 2.31. The van der Waals surface area contributed by atoms with Gasteiger partial charge in [0, 0.05) is 49.7 Å². The van der Waals surface area contributed by atoms with Crippen LogP contribution in [0.5, 0.6) is 0 Å². The molecule has 1 saturated heterocycles. The predicted molar refractivity (Wildman–Crippen MR) is 115 cm³/mol. The summed E-state index contributed by atoms with van der Waals surface area (Å²) < 4.78 is 39.4. The van der Waals surface area contributed by atoms with E-state index in [9.17, 15) is 13.2 Å². The molecule has 0 aliphatic carbocycles. The fourth-order valence-electron chi connectivity index (χ4n) is 3.50. The van der Waals surface area contributed by atoms with Crippen LogP contribution in [0.3, 0.4) is 0 Å². The Morgan fingerprint density at radius 1 is 1.17 bits per heavy atom. The lowest BCUT2D eigenvalue weighted by molar-refractivity contribution is -0.137. The molecule has 1 atom stereocenters. The maximum atomic E-state index is 12.9. The Morgan fingerprint density at radius 3 is 2.62 bits per heavy atom. The zero-order chi connectivity index (χ0) is 20.9. The maximum absolute atomic E-state index is 12.9. The molecule has 4 nitrogen and oxygen atoms in total. The topological polar surface area (TPSA) is 35.2 Å². The normalized spacial score (nSPS) is 16.8. The van der Waals surface area contributed by atoms with Crippen LogP contribution < -0.4 is 4.90 Å². The van der Waals surface area contributed by atoms with Crippen molar-refractivity contribution in [2.75, 3.05) is 37.6 Å². The first-order chi connectivity index (χ1) is 13.8. The molecular formula is C20H25F3N4S2. The van der Waals surface area contributed by atoms with Gasteiger partial charge in [0.25, 0.3) is 0 Å². The molecule has 3 rings (SSSR count). The first-order valence-electron chi connectivity index (χ1n) is 9.68. The number of aromatic amines is 1. The third-order valence-corrected chi connectivity index (χ3v) is 5.75. The fraction of sp³-hybridized carbons (Fsp3) is 0.500. The van der Waals surface area contributed by atoms with Gasteiger partial charge in [-0.25, -0.2) is 4.98 Å². The zero-order valence-corrected chi connectivity index (χ0v) is 17.7. The number of alkyl halides is 3. The summed E-state index contributed by atoms with van der Waals surface area (Å²) in [5.74, 6) is 0.854. The Balaban J connectivity index is 1.40. The van der Waals surface area contributed by atoms with Crippen molar-refractivity contribution in [3.8, 4) is 0 Å². The summed E-state index contributed by atoms with van der Waals surface area (Å²) in [6.07, 6.45) is 0.135. The number of nitrogens with one attached hydrogen (secondary N) is 1. The maximum Gasteiger partial charge on any atom is 0.416 e. The van der Waals surface area contributed by atoms with Crippen LogP contribution in [0, 0.1) is 4.64 Å². The van der Waals surface area contributed by atoms with Crippen LogP contribution in [-0.4, -0.2) is 52.8 Å². The average molecular weight is 443 g/mol. The van der Waals surface area contributed by atoms with E-state index in [-0.39, 0.29) is 5.25 Å². The fourth-order valence-corrected chi connectivity index (χ4v) is 4.03. The molecule has 1 aromatic heterocycles. The largest absolute Gasteiger partial charge is 0.416 e. The van der Waals surface area contributed by atoms with Gasteiger partial charge in [0.15, 0.2) is 0 Å². The molecule has 9 heteroatoms. The van der Waals surface area contributed by atoms with Crippen molar-refractivity contribution >= 4 is 30.5 Å². The second-order valence-corrected chi connectivity index (χ2v) is 8.43. The minimum Gasteiger partial charge on any atom is -0.369 e. The summed E-state index contributed by atoms with van der Waals surface area (Å²) in [6.45, 7) is 4.12. The summed E-state index contributed by atoms with van der Waals surface area (Å²) in [5, 5.41) is 0.210. The average Bonchev–Trinajstić information content (AvgIpc) is 2.68. The van der Waals surface area contributed by atoms with Crippen molar-refractivity contribution in [3.05, 3.63) is 52.6 Å². The Kier molecular flexibility index (Phi) is 7.59. The lowest BCUT2D eigenvalue weighted by atomic mass is 10.1. The molecule has 2 heterocycles. The van der Waals surface area contributed by atoms with E-state index in [2.05, 4.69) is 27.5 Å². The molecule has 0 spiro atoms. The van der Waals surface area contributed by atoms with Crippen molar-refractivity contribution in [3.63, 3.8) is 0 Å². The van der Waals surface area contributed by atoms with Crippen LogP contribution in [0.15, 0.2) is 36.5 Å². The van der Waals surface area contributed by atoms with Gasteiger partial charge in [-0.05, 0) is 43.7 Å². The number of rotatable bonds is 7. The molecule has 1 N–H and O–H groups in total. The molecule has 1 aliphatic rings. The van der Waals surface area contributed by atoms with Crippen LogP contribution >= 0.6 is 24.8 Å². The van der Waals surface area contributed by atoms with Gasteiger partial charge < -0.3 is 9.88 Å². The molecule has 1 aliphatic heterocycles. The number of benzene rings is 1. The lowest BCUT2D eigenvalue weighted by Crippen LogP contribution is -2.46. The highest BCUT2D eigenvalue weighted by atomic mass is 32.1. The van der Waals surface area contributed by atoms with Crippen LogP contribution in [-0.2, 0) is 12.6 Å². The Hall–Kier alpha value is -1.58. The molecule has 0 radical (unpaired) electrons. The summed E-state index contributed by atoms with van der Waals surface area (Å²) in [6, 6.07) is 7.34. The quantitative estimate of drug-likeness (QED) is 0.485. The first-order valence-corrected chi connectivity index (χ1v) is 10.6. The third kappa shape index (κ3) is 6.72. The lowest BCUT2D eigenvalue weighted by Gasteiger charge is -2.36.